The number of nitrogens with one attached hydrogen (secondary N) is 3. The van der Waals surface area contributed by atoms with Gasteiger partial charge in [0.25, 0.3) is 0 Å². The molecule has 1 unspecified atom stereocenters. The summed E-state index contributed by atoms with van der Waals surface area (Å²) in [6, 6.07) is 9.69. The molecule has 35 heavy (non-hydrogen) atoms. The van der Waals surface area contributed by atoms with Crippen molar-refractivity contribution in [2.24, 2.45) is 0 Å². The third kappa shape index (κ3) is 4.09. The number of fused-ring (bicyclic) bond motifs is 2. The number of aromatic hydroxyl groups is 1. The Morgan fingerprint density at radius 1 is 1.14 bits per heavy atom. The van der Waals surface area contributed by atoms with E-state index in [2.05, 4.69) is 38.7 Å². The van der Waals surface area contributed by atoms with Gasteiger partial charge in [-0.3, -0.25) is 4.90 Å². The zero-order valence-electron chi connectivity index (χ0n) is 20.4. The molecule has 3 aliphatic heterocycles. The summed E-state index contributed by atoms with van der Waals surface area (Å²) in [5.74, 6) is 0.0315. The van der Waals surface area contributed by atoms with Crippen LogP contribution < -0.4 is 10.9 Å². The Labute approximate surface area is 205 Å². The summed E-state index contributed by atoms with van der Waals surface area (Å²) in [6.07, 6.45) is 4.17. The molecule has 184 valence electrons. The molecule has 1 atom stereocenters. The Kier molecular flexibility index (Phi) is 5.75. The van der Waals surface area contributed by atoms with Crippen LogP contribution in [0.1, 0.15) is 54.1 Å². The van der Waals surface area contributed by atoms with Gasteiger partial charge in [0.15, 0.2) is 11.6 Å². The van der Waals surface area contributed by atoms with Crippen molar-refractivity contribution in [1.29, 1.82) is 0 Å². The fourth-order valence-corrected chi connectivity index (χ4v) is 5.84. The first-order valence-corrected chi connectivity index (χ1v) is 12.7. The number of aromatic amines is 1. The van der Waals surface area contributed by atoms with Crippen molar-refractivity contribution < 1.29 is 9.50 Å². The first kappa shape index (κ1) is 22.5. The van der Waals surface area contributed by atoms with Crippen LogP contribution >= 0.6 is 0 Å². The number of imidazole rings is 1. The third-order valence-corrected chi connectivity index (χ3v) is 7.94. The molecule has 8 heteroatoms. The van der Waals surface area contributed by atoms with Gasteiger partial charge in [0, 0.05) is 31.1 Å². The number of phenols is 1. The number of anilines is 1. The lowest BCUT2D eigenvalue weighted by molar-refractivity contribution is 0.108. The van der Waals surface area contributed by atoms with E-state index in [9.17, 15) is 9.50 Å². The van der Waals surface area contributed by atoms with Crippen molar-refractivity contribution >= 4 is 5.69 Å². The SMILES string of the molecule is CCc1cc(O)c(F)cc1-c1ccc2c(c1)NNC2c1nc2c([nH]1)CN(C1CCN(C)CC1)CC2. The number of likely N-dealkylation sites (tertiary alicyclic amines) is 1. The number of rotatable bonds is 4. The minimum Gasteiger partial charge on any atom is -0.505 e. The maximum absolute atomic E-state index is 14.1. The highest BCUT2D eigenvalue weighted by Gasteiger charge is 2.31. The summed E-state index contributed by atoms with van der Waals surface area (Å²) >= 11 is 0. The smallest absolute Gasteiger partial charge is 0.165 e. The molecule has 0 radical (unpaired) electrons. The lowest BCUT2D eigenvalue weighted by Gasteiger charge is -2.38. The number of nitrogens with zero attached hydrogens (tertiary/aromatic N) is 3. The van der Waals surface area contributed by atoms with E-state index in [0.717, 1.165) is 53.3 Å². The van der Waals surface area contributed by atoms with Gasteiger partial charge in [-0.2, -0.15) is 0 Å². The van der Waals surface area contributed by atoms with Crippen molar-refractivity contribution in [1.82, 2.24) is 25.2 Å². The number of aromatic nitrogens is 2. The number of hydrogen-bond acceptors (Lipinski definition) is 6. The lowest BCUT2D eigenvalue weighted by Crippen LogP contribution is -2.45. The van der Waals surface area contributed by atoms with Gasteiger partial charge in [-0.1, -0.05) is 19.1 Å². The first-order valence-electron chi connectivity index (χ1n) is 12.7. The quantitative estimate of drug-likeness (QED) is 0.457. The summed E-state index contributed by atoms with van der Waals surface area (Å²) in [4.78, 5) is 13.7. The Bertz CT molecular complexity index is 1250. The third-order valence-electron chi connectivity index (χ3n) is 7.94. The van der Waals surface area contributed by atoms with Gasteiger partial charge in [0.2, 0.25) is 0 Å². The summed E-state index contributed by atoms with van der Waals surface area (Å²) in [7, 11) is 2.21. The molecule has 7 nitrogen and oxygen atoms in total. The number of benzene rings is 2. The topological polar surface area (TPSA) is 79.4 Å². The largest absolute Gasteiger partial charge is 0.505 e. The fraction of sp³-hybridized carbons (Fsp3) is 0.444. The average molecular weight is 477 g/mol. The molecule has 0 saturated carbocycles. The van der Waals surface area contributed by atoms with Gasteiger partial charge < -0.3 is 20.4 Å². The number of piperidine rings is 1. The van der Waals surface area contributed by atoms with Crippen LogP contribution in [0.25, 0.3) is 11.1 Å². The predicted octanol–water partition coefficient (Wildman–Crippen LogP) is 3.96. The number of phenolic OH excluding ortho intramolecular Hbond substituents is 1. The van der Waals surface area contributed by atoms with Crippen LogP contribution in [0.4, 0.5) is 10.1 Å². The van der Waals surface area contributed by atoms with E-state index in [-0.39, 0.29) is 11.8 Å². The molecule has 1 saturated heterocycles. The van der Waals surface area contributed by atoms with E-state index in [0.29, 0.717) is 12.5 Å². The van der Waals surface area contributed by atoms with E-state index in [1.54, 1.807) is 0 Å². The maximum Gasteiger partial charge on any atom is 0.165 e. The van der Waals surface area contributed by atoms with Crippen molar-refractivity contribution in [2.75, 3.05) is 32.1 Å². The monoisotopic (exact) mass is 476 g/mol. The van der Waals surface area contributed by atoms with Gasteiger partial charge >= 0.3 is 0 Å². The number of hydrogen-bond donors (Lipinski definition) is 4. The van der Waals surface area contributed by atoms with Crippen molar-refractivity contribution in [3.8, 4) is 16.9 Å². The average Bonchev–Trinajstić information content (AvgIpc) is 3.48. The van der Waals surface area contributed by atoms with Gasteiger partial charge in [-0.05, 0) is 74.3 Å². The van der Waals surface area contributed by atoms with Crippen LogP contribution in [-0.2, 0) is 19.4 Å². The van der Waals surface area contributed by atoms with Gasteiger partial charge in [0.05, 0.1) is 17.1 Å². The number of halogens is 1. The summed E-state index contributed by atoms with van der Waals surface area (Å²) in [5, 5.41) is 9.78. The molecule has 3 aliphatic rings. The zero-order valence-corrected chi connectivity index (χ0v) is 20.4. The van der Waals surface area contributed by atoms with Crippen LogP contribution in [-0.4, -0.2) is 57.6 Å². The minimum atomic E-state index is -0.600. The van der Waals surface area contributed by atoms with Gasteiger partial charge in [-0.15, -0.1) is 0 Å². The molecule has 0 bridgehead atoms. The molecule has 4 heterocycles. The molecule has 1 aromatic heterocycles. The van der Waals surface area contributed by atoms with E-state index in [4.69, 9.17) is 4.98 Å². The molecule has 1 fully saturated rings. The van der Waals surface area contributed by atoms with Crippen molar-refractivity contribution in [2.45, 2.75) is 51.2 Å². The summed E-state index contributed by atoms with van der Waals surface area (Å²) in [6.45, 7) is 6.37. The van der Waals surface area contributed by atoms with Crippen LogP contribution in [0.15, 0.2) is 30.3 Å². The Balaban J connectivity index is 1.23. The predicted molar refractivity (Wildman–Crippen MR) is 135 cm³/mol. The Hall–Kier alpha value is -2.94. The molecule has 0 amide bonds. The second-order valence-electron chi connectivity index (χ2n) is 10.1. The normalized spacial score (nSPS) is 21.1. The zero-order chi connectivity index (χ0) is 24.1. The number of aryl methyl sites for hydroxylation is 1. The van der Waals surface area contributed by atoms with E-state index in [1.165, 1.54) is 49.5 Å². The van der Waals surface area contributed by atoms with Crippen LogP contribution in [0.5, 0.6) is 5.75 Å². The first-order chi connectivity index (χ1) is 17.0. The number of H-pyrrole nitrogens is 1. The molecule has 0 aliphatic carbocycles. The maximum atomic E-state index is 14.1. The molecule has 0 spiro atoms. The molecular weight excluding hydrogens is 443 g/mol. The van der Waals surface area contributed by atoms with Crippen molar-refractivity contribution in [3.05, 3.63) is 64.5 Å². The molecule has 6 rings (SSSR count). The molecule has 3 aromatic rings. The molecule has 4 N–H and O–H groups in total. The second kappa shape index (κ2) is 8.93. The van der Waals surface area contributed by atoms with Crippen LogP contribution in [0, 0.1) is 5.82 Å². The fourth-order valence-electron chi connectivity index (χ4n) is 5.84. The van der Waals surface area contributed by atoms with E-state index in [1.807, 2.05) is 19.1 Å². The van der Waals surface area contributed by atoms with E-state index < -0.39 is 5.82 Å². The van der Waals surface area contributed by atoms with Crippen LogP contribution in [0.3, 0.4) is 0 Å². The van der Waals surface area contributed by atoms with Crippen LogP contribution in [0.2, 0.25) is 0 Å². The summed E-state index contributed by atoms with van der Waals surface area (Å²) < 4.78 is 14.1. The van der Waals surface area contributed by atoms with Gasteiger partial charge in [0.1, 0.15) is 11.9 Å². The van der Waals surface area contributed by atoms with Crippen molar-refractivity contribution in [3.63, 3.8) is 0 Å². The molecule has 2 aromatic carbocycles. The van der Waals surface area contributed by atoms with Gasteiger partial charge in [-0.25, -0.2) is 14.8 Å². The Morgan fingerprint density at radius 2 is 1.97 bits per heavy atom. The highest BCUT2D eigenvalue weighted by Crippen LogP contribution is 2.38. The number of hydrazine groups is 1. The second-order valence-corrected chi connectivity index (χ2v) is 10.1. The highest BCUT2D eigenvalue weighted by atomic mass is 19.1. The molecular formula is C27H33FN6O. The lowest BCUT2D eigenvalue weighted by atomic mass is 9.95. The highest BCUT2D eigenvalue weighted by molar-refractivity contribution is 5.75. The summed E-state index contributed by atoms with van der Waals surface area (Å²) in [5.41, 5.74) is 13.8. The van der Waals surface area contributed by atoms with E-state index >= 15 is 0 Å². The standard InChI is InChI=1S/C27H33FN6O/c1-3-16-13-25(35)21(28)14-20(16)17-4-5-19-23(12-17)31-32-26(19)27-29-22-8-11-34(15-24(22)30-27)18-6-9-33(2)10-7-18/h4-5,12-14,18,26,31-32,35H,3,6-11,15H2,1-2H3,(H,29,30). The Morgan fingerprint density at radius 3 is 2.77 bits per heavy atom. The minimum absolute atomic E-state index is 0.0661.